The van der Waals surface area contributed by atoms with E-state index < -0.39 is 0 Å². The molecule has 0 radical (unpaired) electrons. The van der Waals surface area contributed by atoms with Crippen LogP contribution in [0.15, 0.2) is 48.5 Å². The van der Waals surface area contributed by atoms with Gasteiger partial charge in [-0.2, -0.15) is 0 Å². The number of nitrogens with zero attached hydrogens (tertiary/aromatic N) is 1. The predicted molar refractivity (Wildman–Crippen MR) is 96.3 cm³/mol. The third-order valence-corrected chi connectivity index (χ3v) is 4.60. The average Bonchev–Trinajstić information content (AvgIpc) is 2.55. The second-order valence-corrected chi connectivity index (χ2v) is 6.56. The zero-order valence-electron chi connectivity index (χ0n) is 14.0. The topological polar surface area (TPSA) is 52.6 Å². The molecular formula is C20H24N2O2. The van der Waals surface area contributed by atoms with Gasteiger partial charge in [0.05, 0.1) is 6.54 Å². The third-order valence-electron chi connectivity index (χ3n) is 4.60. The fourth-order valence-corrected chi connectivity index (χ4v) is 3.33. The number of hydrogen-bond acceptors (Lipinski definition) is 3. The molecule has 0 unspecified atom stereocenters. The molecule has 2 aromatic rings. The van der Waals surface area contributed by atoms with Crippen LogP contribution < -0.4 is 5.32 Å². The van der Waals surface area contributed by atoms with E-state index in [4.69, 9.17) is 0 Å². The molecule has 1 amide bonds. The van der Waals surface area contributed by atoms with E-state index in [1.807, 2.05) is 43.3 Å². The van der Waals surface area contributed by atoms with Gasteiger partial charge in [0.25, 0.3) is 0 Å². The molecule has 0 aliphatic carbocycles. The molecule has 2 N–H and O–H groups in total. The minimum absolute atomic E-state index is 0.0383. The van der Waals surface area contributed by atoms with Crippen molar-refractivity contribution < 1.29 is 9.90 Å². The summed E-state index contributed by atoms with van der Waals surface area (Å²) in [5, 5.41) is 12.6. The lowest BCUT2D eigenvalue weighted by Gasteiger charge is -2.31. The summed E-state index contributed by atoms with van der Waals surface area (Å²) in [5.74, 6) is 0.831. The van der Waals surface area contributed by atoms with Gasteiger partial charge in [0, 0.05) is 5.69 Å². The van der Waals surface area contributed by atoms with Crippen LogP contribution in [0, 0.1) is 6.92 Å². The Hall–Kier alpha value is -2.33. The van der Waals surface area contributed by atoms with Crippen LogP contribution in [0.2, 0.25) is 0 Å². The molecule has 1 saturated heterocycles. The maximum Gasteiger partial charge on any atom is 0.238 e. The van der Waals surface area contributed by atoms with Crippen LogP contribution in [-0.4, -0.2) is 35.5 Å². The number of carbonyl (C=O) groups excluding carboxylic acids is 1. The van der Waals surface area contributed by atoms with E-state index in [0.717, 1.165) is 37.2 Å². The highest BCUT2D eigenvalue weighted by atomic mass is 16.3. The van der Waals surface area contributed by atoms with Gasteiger partial charge < -0.3 is 10.4 Å². The smallest absolute Gasteiger partial charge is 0.238 e. The van der Waals surface area contributed by atoms with Crippen molar-refractivity contribution in [2.24, 2.45) is 0 Å². The second-order valence-electron chi connectivity index (χ2n) is 6.56. The van der Waals surface area contributed by atoms with E-state index in [9.17, 15) is 9.90 Å². The quantitative estimate of drug-likeness (QED) is 0.905. The Kier molecular flexibility index (Phi) is 5.16. The van der Waals surface area contributed by atoms with E-state index in [2.05, 4.69) is 16.3 Å². The molecule has 126 valence electrons. The Labute approximate surface area is 143 Å². The van der Waals surface area contributed by atoms with Gasteiger partial charge in [-0.3, -0.25) is 9.69 Å². The van der Waals surface area contributed by atoms with Crippen LogP contribution in [-0.2, 0) is 4.79 Å². The first-order valence-electron chi connectivity index (χ1n) is 8.48. The average molecular weight is 324 g/mol. The number of rotatable bonds is 4. The van der Waals surface area contributed by atoms with Crippen molar-refractivity contribution in [3.63, 3.8) is 0 Å². The summed E-state index contributed by atoms with van der Waals surface area (Å²) in [4.78, 5) is 14.4. The molecule has 0 aromatic heterocycles. The number of amides is 1. The molecule has 0 saturated carbocycles. The van der Waals surface area contributed by atoms with Gasteiger partial charge >= 0.3 is 0 Å². The third kappa shape index (κ3) is 4.36. The molecule has 4 nitrogen and oxygen atoms in total. The SMILES string of the molecule is Cc1cccc(NC(=O)CN2CCC(c3cccc(O)c3)CC2)c1. The number of phenols is 1. The standard InChI is InChI=1S/C20H24N2O2/c1-15-4-2-6-18(12-15)21-20(24)14-22-10-8-16(9-11-22)17-5-3-7-19(23)13-17/h2-7,12-13,16,23H,8-11,14H2,1H3,(H,21,24). The van der Waals surface area contributed by atoms with Gasteiger partial charge in [0.2, 0.25) is 5.91 Å². The minimum Gasteiger partial charge on any atom is -0.508 e. The summed E-state index contributed by atoms with van der Waals surface area (Å²) in [6, 6.07) is 15.4. The molecule has 2 aromatic carbocycles. The summed E-state index contributed by atoms with van der Waals surface area (Å²) in [5.41, 5.74) is 3.19. The first kappa shape index (κ1) is 16.5. The lowest BCUT2D eigenvalue weighted by Crippen LogP contribution is -2.38. The molecule has 24 heavy (non-hydrogen) atoms. The number of anilines is 1. The lowest BCUT2D eigenvalue weighted by molar-refractivity contribution is -0.117. The number of likely N-dealkylation sites (tertiary alicyclic amines) is 1. The highest BCUT2D eigenvalue weighted by Crippen LogP contribution is 2.29. The van der Waals surface area contributed by atoms with Crippen LogP contribution in [0.3, 0.4) is 0 Å². The fraction of sp³-hybridized carbons (Fsp3) is 0.350. The minimum atomic E-state index is 0.0383. The number of nitrogens with one attached hydrogen (secondary N) is 1. The van der Waals surface area contributed by atoms with Crippen LogP contribution in [0.5, 0.6) is 5.75 Å². The lowest BCUT2D eigenvalue weighted by atomic mass is 9.89. The van der Waals surface area contributed by atoms with Crippen LogP contribution in [0.25, 0.3) is 0 Å². The van der Waals surface area contributed by atoms with Crippen molar-refractivity contribution in [3.05, 3.63) is 59.7 Å². The molecule has 1 fully saturated rings. The van der Waals surface area contributed by atoms with Crippen molar-refractivity contribution in [1.82, 2.24) is 4.90 Å². The molecule has 3 rings (SSSR count). The summed E-state index contributed by atoms with van der Waals surface area (Å²) < 4.78 is 0. The number of benzene rings is 2. The van der Waals surface area contributed by atoms with Crippen molar-refractivity contribution >= 4 is 11.6 Å². The zero-order chi connectivity index (χ0) is 16.9. The predicted octanol–water partition coefficient (Wildman–Crippen LogP) is 3.52. The maximum absolute atomic E-state index is 12.2. The second kappa shape index (κ2) is 7.49. The summed E-state index contributed by atoms with van der Waals surface area (Å²) in [7, 11) is 0. The number of aryl methyl sites for hydroxylation is 1. The fourth-order valence-electron chi connectivity index (χ4n) is 3.33. The van der Waals surface area contributed by atoms with E-state index in [0.29, 0.717) is 18.2 Å². The van der Waals surface area contributed by atoms with E-state index in [1.54, 1.807) is 6.07 Å². The van der Waals surface area contributed by atoms with Crippen molar-refractivity contribution in [2.45, 2.75) is 25.7 Å². The molecule has 1 aliphatic rings. The number of hydrogen-bond donors (Lipinski definition) is 2. The number of carbonyl (C=O) groups is 1. The Morgan fingerprint density at radius 1 is 1.17 bits per heavy atom. The molecule has 0 bridgehead atoms. The normalized spacial score (nSPS) is 16.0. The maximum atomic E-state index is 12.2. The largest absolute Gasteiger partial charge is 0.508 e. The number of phenolic OH excluding ortho intramolecular Hbond substituents is 1. The number of aromatic hydroxyl groups is 1. The first-order valence-corrected chi connectivity index (χ1v) is 8.48. The van der Waals surface area contributed by atoms with Crippen LogP contribution in [0.1, 0.15) is 29.9 Å². The van der Waals surface area contributed by atoms with Crippen LogP contribution in [0.4, 0.5) is 5.69 Å². The van der Waals surface area contributed by atoms with Crippen molar-refractivity contribution in [2.75, 3.05) is 25.0 Å². The molecular weight excluding hydrogens is 300 g/mol. The molecule has 0 atom stereocenters. The number of piperidine rings is 1. The molecule has 1 heterocycles. The van der Waals surface area contributed by atoms with E-state index in [1.165, 1.54) is 5.56 Å². The van der Waals surface area contributed by atoms with E-state index in [-0.39, 0.29) is 5.91 Å². The Bertz CT molecular complexity index is 706. The molecule has 0 spiro atoms. The Morgan fingerprint density at radius 3 is 2.62 bits per heavy atom. The molecule has 1 aliphatic heterocycles. The summed E-state index contributed by atoms with van der Waals surface area (Å²) in [6.07, 6.45) is 2.03. The van der Waals surface area contributed by atoms with Crippen molar-refractivity contribution in [3.8, 4) is 5.75 Å². The van der Waals surface area contributed by atoms with Gasteiger partial charge in [0.1, 0.15) is 5.75 Å². The van der Waals surface area contributed by atoms with Crippen LogP contribution >= 0.6 is 0 Å². The monoisotopic (exact) mass is 324 g/mol. The molecule has 4 heteroatoms. The Morgan fingerprint density at radius 2 is 1.92 bits per heavy atom. The summed E-state index contributed by atoms with van der Waals surface area (Å²) >= 11 is 0. The van der Waals surface area contributed by atoms with Gasteiger partial charge in [-0.15, -0.1) is 0 Å². The van der Waals surface area contributed by atoms with Gasteiger partial charge in [-0.25, -0.2) is 0 Å². The first-order chi connectivity index (χ1) is 11.6. The van der Waals surface area contributed by atoms with Crippen molar-refractivity contribution in [1.29, 1.82) is 0 Å². The van der Waals surface area contributed by atoms with Gasteiger partial charge in [-0.05, 0) is 74.2 Å². The van der Waals surface area contributed by atoms with Gasteiger partial charge in [0.15, 0.2) is 0 Å². The van der Waals surface area contributed by atoms with Gasteiger partial charge in [-0.1, -0.05) is 24.3 Å². The highest BCUT2D eigenvalue weighted by Gasteiger charge is 2.22. The zero-order valence-corrected chi connectivity index (χ0v) is 14.0. The summed E-state index contributed by atoms with van der Waals surface area (Å²) in [6.45, 7) is 4.26. The Balaban J connectivity index is 1.49. The van der Waals surface area contributed by atoms with E-state index >= 15 is 0 Å². The highest BCUT2D eigenvalue weighted by molar-refractivity contribution is 5.92.